The van der Waals surface area contributed by atoms with E-state index < -0.39 is 0 Å². The summed E-state index contributed by atoms with van der Waals surface area (Å²) in [5.74, 6) is 2.80. The van der Waals surface area contributed by atoms with Gasteiger partial charge in [-0.05, 0) is 41.7 Å². The zero-order valence-electron chi connectivity index (χ0n) is 15.4. The zero-order chi connectivity index (χ0) is 18.3. The van der Waals surface area contributed by atoms with Crippen molar-refractivity contribution >= 4 is 5.78 Å². The molecule has 1 saturated carbocycles. The van der Waals surface area contributed by atoms with E-state index in [0.717, 1.165) is 28.8 Å². The van der Waals surface area contributed by atoms with Crippen LogP contribution in [-0.4, -0.2) is 32.1 Å². The van der Waals surface area contributed by atoms with E-state index in [4.69, 9.17) is 14.2 Å². The van der Waals surface area contributed by atoms with Crippen molar-refractivity contribution in [1.29, 1.82) is 0 Å². The van der Waals surface area contributed by atoms with Gasteiger partial charge in [0.25, 0.3) is 0 Å². The van der Waals surface area contributed by atoms with Gasteiger partial charge in [-0.1, -0.05) is 12.8 Å². The molecule has 0 spiro atoms. The number of pyridine rings is 1. The molecular weight excluding hydrogens is 330 g/mol. The van der Waals surface area contributed by atoms with Crippen LogP contribution in [0.3, 0.4) is 0 Å². The minimum absolute atomic E-state index is 0.00647. The minimum atomic E-state index is 0.00647. The first-order chi connectivity index (χ1) is 12.6. The molecule has 26 heavy (non-hydrogen) atoms. The highest BCUT2D eigenvalue weighted by atomic mass is 16.5. The van der Waals surface area contributed by atoms with Crippen molar-refractivity contribution in [3.8, 4) is 28.4 Å². The average molecular weight is 353 g/mol. The van der Waals surface area contributed by atoms with E-state index >= 15 is 0 Å². The lowest BCUT2D eigenvalue weighted by Crippen LogP contribution is -2.06. The SMILES string of the molecule is COc1cc(-c2cnc3c(c2)C(CC2CC2)C(=O)C3)cc(OC)c1OC. The van der Waals surface area contributed by atoms with Gasteiger partial charge in [0, 0.05) is 24.1 Å². The first-order valence-corrected chi connectivity index (χ1v) is 8.96. The third-order valence-electron chi connectivity index (χ3n) is 5.37. The Kier molecular flexibility index (Phi) is 4.31. The number of Topliss-reactive ketones (excluding diaryl/α,β-unsaturated/α-hetero) is 1. The normalized spacial score (nSPS) is 18.6. The fraction of sp³-hybridized carbons (Fsp3) is 0.429. The van der Waals surface area contributed by atoms with Gasteiger partial charge in [-0.2, -0.15) is 0 Å². The van der Waals surface area contributed by atoms with Crippen molar-refractivity contribution < 1.29 is 19.0 Å². The van der Waals surface area contributed by atoms with E-state index in [1.54, 1.807) is 21.3 Å². The molecule has 1 heterocycles. The van der Waals surface area contributed by atoms with Crippen LogP contribution in [0.2, 0.25) is 0 Å². The van der Waals surface area contributed by atoms with Crippen LogP contribution >= 0.6 is 0 Å². The highest BCUT2D eigenvalue weighted by molar-refractivity contribution is 5.92. The van der Waals surface area contributed by atoms with E-state index in [9.17, 15) is 4.79 Å². The molecular formula is C21H23NO4. The number of fused-ring (bicyclic) bond motifs is 1. The first kappa shape index (κ1) is 16.9. The average Bonchev–Trinajstić information content (AvgIpc) is 3.43. The summed E-state index contributed by atoms with van der Waals surface area (Å²) in [7, 11) is 4.80. The summed E-state index contributed by atoms with van der Waals surface area (Å²) in [5, 5.41) is 0. The number of aromatic nitrogens is 1. The number of hydrogen-bond donors (Lipinski definition) is 0. The monoisotopic (exact) mass is 353 g/mol. The van der Waals surface area contributed by atoms with Crippen LogP contribution in [0.4, 0.5) is 0 Å². The van der Waals surface area contributed by atoms with Gasteiger partial charge in [0.2, 0.25) is 5.75 Å². The molecule has 0 bridgehead atoms. The number of ether oxygens (including phenoxy) is 3. The Hall–Kier alpha value is -2.56. The Morgan fingerprint density at radius 3 is 2.27 bits per heavy atom. The summed E-state index contributed by atoms with van der Waals surface area (Å²) in [6.45, 7) is 0. The van der Waals surface area contributed by atoms with Crippen molar-refractivity contribution in [2.45, 2.75) is 31.6 Å². The molecule has 136 valence electrons. The molecule has 0 radical (unpaired) electrons. The lowest BCUT2D eigenvalue weighted by molar-refractivity contribution is -0.119. The fourth-order valence-corrected chi connectivity index (χ4v) is 3.77. The van der Waals surface area contributed by atoms with Gasteiger partial charge in [0.15, 0.2) is 11.5 Å². The van der Waals surface area contributed by atoms with E-state index in [0.29, 0.717) is 35.4 Å². The van der Waals surface area contributed by atoms with Gasteiger partial charge in [-0.25, -0.2) is 0 Å². The van der Waals surface area contributed by atoms with Crippen LogP contribution in [-0.2, 0) is 11.2 Å². The summed E-state index contributed by atoms with van der Waals surface area (Å²) in [6.07, 6.45) is 5.75. The topological polar surface area (TPSA) is 57.7 Å². The van der Waals surface area contributed by atoms with Gasteiger partial charge in [-0.15, -0.1) is 0 Å². The number of benzene rings is 1. The Morgan fingerprint density at radius 2 is 1.69 bits per heavy atom. The third-order valence-corrected chi connectivity index (χ3v) is 5.37. The fourth-order valence-electron chi connectivity index (χ4n) is 3.77. The van der Waals surface area contributed by atoms with Crippen molar-refractivity contribution in [2.75, 3.05) is 21.3 Å². The molecule has 4 rings (SSSR count). The Bertz CT molecular complexity index is 832. The van der Waals surface area contributed by atoms with Crippen LogP contribution in [0.15, 0.2) is 24.4 Å². The lowest BCUT2D eigenvalue weighted by Gasteiger charge is -2.15. The maximum Gasteiger partial charge on any atom is 0.203 e. The smallest absolute Gasteiger partial charge is 0.203 e. The molecule has 0 aliphatic heterocycles. The molecule has 5 nitrogen and oxygen atoms in total. The maximum atomic E-state index is 12.4. The summed E-state index contributed by atoms with van der Waals surface area (Å²) in [6, 6.07) is 5.94. The van der Waals surface area contributed by atoms with Gasteiger partial charge in [-0.3, -0.25) is 9.78 Å². The van der Waals surface area contributed by atoms with Crippen molar-refractivity contribution in [3.63, 3.8) is 0 Å². The largest absolute Gasteiger partial charge is 0.493 e. The molecule has 2 aliphatic carbocycles. The molecule has 0 saturated heterocycles. The van der Waals surface area contributed by atoms with Crippen molar-refractivity contribution in [3.05, 3.63) is 35.7 Å². The summed E-state index contributed by atoms with van der Waals surface area (Å²) in [5.41, 5.74) is 3.91. The van der Waals surface area contributed by atoms with Crippen LogP contribution in [0, 0.1) is 5.92 Å². The molecule has 0 N–H and O–H groups in total. The Morgan fingerprint density at radius 1 is 1.00 bits per heavy atom. The number of rotatable bonds is 6. The molecule has 0 amide bonds. The van der Waals surface area contributed by atoms with E-state index in [2.05, 4.69) is 11.1 Å². The highest BCUT2D eigenvalue weighted by Gasteiger charge is 2.36. The lowest BCUT2D eigenvalue weighted by atomic mass is 9.93. The van der Waals surface area contributed by atoms with Gasteiger partial charge < -0.3 is 14.2 Å². The molecule has 1 fully saturated rings. The second-order valence-electron chi connectivity index (χ2n) is 7.05. The quantitative estimate of drug-likeness (QED) is 0.791. The van der Waals surface area contributed by atoms with Gasteiger partial charge >= 0.3 is 0 Å². The molecule has 1 aromatic heterocycles. The molecule has 1 atom stereocenters. The minimum Gasteiger partial charge on any atom is -0.493 e. The molecule has 1 aromatic carbocycles. The third kappa shape index (κ3) is 2.91. The molecule has 5 heteroatoms. The predicted molar refractivity (Wildman–Crippen MR) is 98.1 cm³/mol. The van der Waals surface area contributed by atoms with Crippen molar-refractivity contribution in [2.24, 2.45) is 5.92 Å². The van der Waals surface area contributed by atoms with Gasteiger partial charge in [0.1, 0.15) is 5.78 Å². The van der Waals surface area contributed by atoms with E-state index in [1.807, 2.05) is 18.3 Å². The standard InChI is InChI=1S/C21H23NO4/c1-24-19-8-13(9-20(25-2)21(19)26-3)14-7-15-16(6-12-4-5-12)18(23)10-17(15)22-11-14/h7-9,11-12,16H,4-6,10H2,1-3H3. The Balaban J connectivity index is 1.75. The van der Waals surface area contributed by atoms with E-state index in [1.165, 1.54) is 12.8 Å². The summed E-state index contributed by atoms with van der Waals surface area (Å²) < 4.78 is 16.3. The van der Waals surface area contributed by atoms with Crippen LogP contribution in [0.25, 0.3) is 11.1 Å². The predicted octanol–water partition coefficient (Wildman–Crippen LogP) is 3.78. The number of ketones is 1. The second-order valence-corrected chi connectivity index (χ2v) is 7.05. The first-order valence-electron chi connectivity index (χ1n) is 8.96. The van der Waals surface area contributed by atoms with Crippen LogP contribution < -0.4 is 14.2 Å². The van der Waals surface area contributed by atoms with Crippen LogP contribution in [0.1, 0.15) is 36.4 Å². The van der Waals surface area contributed by atoms with E-state index in [-0.39, 0.29) is 5.92 Å². The summed E-state index contributed by atoms with van der Waals surface area (Å²) >= 11 is 0. The van der Waals surface area contributed by atoms with Crippen molar-refractivity contribution in [1.82, 2.24) is 4.98 Å². The Labute approximate surface area is 153 Å². The number of hydrogen-bond acceptors (Lipinski definition) is 5. The van der Waals surface area contributed by atoms with Crippen LogP contribution in [0.5, 0.6) is 17.2 Å². The molecule has 1 unspecified atom stereocenters. The maximum absolute atomic E-state index is 12.4. The highest BCUT2D eigenvalue weighted by Crippen LogP contribution is 2.45. The second kappa shape index (κ2) is 6.63. The number of methoxy groups -OCH3 is 3. The molecule has 2 aliphatic rings. The summed E-state index contributed by atoms with van der Waals surface area (Å²) in [4.78, 5) is 17.0. The number of carbonyl (C=O) groups excluding carboxylic acids is 1. The molecule has 2 aromatic rings. The number of carbonyl (C=O) groups is 1. The zero-order valence-corrected chi connectivity index (χ0v) is 15.4. The number of nitrogens with zero attached hydrogens (tertiary/aromatic N) is 1. The van der Waals surface area contributed by atoms with Gasteiger partial charge in [0.05, 0.1) is 27.0 Å².